The molecule has 2 amide bonds. The largest absolute Gasteiger partial charge is 0.347 e. The van der Waals surface area contributed by atoms with Gasteiger partial charge in [0.2, 0.25) is 11.8 Å². The first kappa shape index (κ1) is 16.4. The summed E-state index contributed by atoms with van der Waals surface area (Å²) in [6.07, 6.45) is 8.58. The van der Waals surface area contributed by atoms with E-state index >= 15 is 0 Å². The highest BCUT2D eigenvalue weighted by Gasteiger charge is 2.51. The molecule has 1 atom stereocenters. The molecule has 1 saturated heterocycles. The van der Waals surface area contributed by atoms with E-state index in [2.05, 4.69) is 17.6 Å². The van der Waals surface area contributed by atoms with Gasteiger partial charge in [-0.05, 0) is 68.6 Å². The number of rotatable bonds is 4. The van der Waals surface area contributed by atoms with Crippen molar-refractivity contribution in [3.63, 3.8) is 0 Å². The molecule has 5 heteroatoms. The van der Waals surface area contributed by atoms with E-state index in [0.29, 0.717) is 6.42 Å². The Kier molecular flexibility index (Phi) is 4.31. The van der Waals surface area contributed by atoms with Gasteiger partial charge < -0.3 is 15.5 Å². The first-order valence-electron chi connectivity index (χ1n) is 9.80. The predicted molar refractivity (Wildman–Crippen MR) is 92.3 cm³/mol. The lowest BCUT2D eigenvalue weighted by Crippen LogP contribution is -2.54. The van der Waals surface area contributed by atoms with Crippen molar-refractivity contribution in [2.45, 2.75) is 57.9 Å². The third-order valence-electron chi connectivity index (χ3n) is 6.96. The van der Waals surface area contributed by atoms with Crippen molar-refractivity contribution in [2.75, 3.05) is 26.2 Å². The number of carbonyl (C=O) groups excluding carboxylic acids is 2. The van der Waals surface area contributed by atoms with Crippen LogP contribution < -0.4 is 10.6 Å². The van der Waals surface area contributed by atoms with Crippen LogP contribution in [0, 0.1) is 23.2 Å². The van der Waals surface area contributed by atoms with Gasteiger partial charge in [-0.15, -0.1) is 0 Å². The monoisotopic (exact) mass is 333 g/mol. The second-order valence-electron chi connectivity index (χ2n) is 9.01. The van der Waals surface area contributed by atoms with Crippen LogP contribution in [0.1, 0.15) is 51.9 Å². The van der Waals surface area contributed by atoms with E-state index in [-0.39, 0.29) is 29.8 Å². The average Bonchev–Trinajstić information content (AvgIpc) is 2.51. The van der Waals surface area contributed by atoms with Crippen molar-refractivity contribution < 1.29 is 9.59 Å². The maximum atomic E-state index is 12.5. The van der Waals surface area contributed by atoms with E-state index < -0.39 is 0 Å². The zero-order valence-corrected chi connectivity index (χ0v) is 14.9. The first-order chi connectivity index (χ1) is 11.5. The Labute approximate surface area is 144 Å². The van der Waals surface area contributed by atoms with E-state index in [0.717, 1.165) is 37.4 Å². The summed E-state index contributed by atoms with van der Waals surface area (Å²) in [4.78, 5) is 26.8. The molecule has 4 saturated carbocycles. The van der Waals surface area contributed by atoms with Gasteiger partial charge in [0.05, 0.1) is 6.54 Å². The van der Waals surface area contributed by atoms with Crippen LogP contribution in [0.25, 0.3) is 0 Å². The van der Waals surface area contributed by atoms with Gasteiger partial charge in [-0.2, -0.15) is 0 Å². The topological polar surface area (TPSA) is 61.4 Å². The minimum atomic E-state index is 0.0582. The van der Waals surface area contributed by atoms with E-state index in [9.17, 15) is 9.59 Å². The van der Waals surface area contributed by atoms with Crippen molar-refractivity contribution in [2.24, 2.45) is 23.2 Å². The quantitative estimate of drug-likeness (QED) is 0.820. The Balaban J connectivity index is 1.28. The normalized spacial score (nSPS) is 40.6. The van der Waals surface area contributed by atoms with Crippen LogP contribution in [0.3, 0.4) is 0 Å². The maximum Gasteiger partial charge on any atom is 0.242 e. The fourth-order valence-corrected chi connectivity index (χ4v) is 6.40. The third-order valence-corrected chi connectivity index (χ3v) is 6.96. The predicted octanol–water partition coefficient (Wildman–Crippen LogP) is 1.53. The number of carbonyl (C=O) groups is 2. The highest BCUT2D eigenvalue weighted by atomic mass is 16.2. The summed E-state index contributed by atoms with van der Waals surface area (Å²) < 4.78 is 0. The highest BCUT2D eigenvalue weighted by molar-refractivity contribution is 5.85. The molecule has 2 N–H and O–H groups in total. The molecule has 5 aliphatic rings. The zero-order valence-electron chi connectivity index (χ0n) is 14.9. The molecular formula is C19H31N3O2. The Morgan fingerprint density at radius 2 is 1.75 bits per heavy atom. The van der Waals surface area contributed by atoms with Crippen molar-refractivity contribution in [3.05, 3.63) is 0 Å². The van der Waals surface area contributed by atoms with Crippen LogP contribution in [-0.2, 0) is 9.59 Å². The molecule has 24 heavy (non-hydrogen) atoms. The van der Waals surface area contributed by atoms with Gasteiger partial charge in [0, 0.05) is 32.1 Å². The summed E-state index contributed by atoms with van der Waals surface area (Å²) in [5.74, 6) is 2.75. The van der Waals surface area contributed by atoms with Gasteiger partial charge >= 0.3 is 0 Å². The molecule has 5 fully saturated rings. The standard InChI is InChI=1S/C19H31N3O2/c1-13-11-20-2-3-22(13)18(24)12-21-17(23)10-19-7-14-4-15(8-19)6-16(5-14)9-19/h13-16,20H,2-12H2,1H3,(H,21,23)/t13-,14?,15?,16?,19?/m1/s1. The Morgan fingerprint density at radius 1 is 1.12 bits per heavy atom. The SMILES string of the molecule is C[C@@H]1CNCCN1C(=O)CNC(=O)CC12CC3CC(CC(C3)C1)C2. The molecule has 1 aliphatic heterocycles. The summed E-state index contributed by atoms with van der Waals surface area (Å²) >= 11 is 0. The van der Waals surface area contributed by atoms with Crippen LogP contribution in [0.5, 0.6) is 0 Å². The fourth-order valence-electron chi connectivity index (χ4n) is 6.40. The van der Waals surface area contributed by atoms with Crippen LogP contribution >= 0.6 is 0 Å². The third kappa shape index (κ3) is 3.19. The molecule has 4 bridgehead atoms. The number of nitrogens with one attached hydrogen (secondary N) is 2. The highest BCUT2D eigenvalue weighted by Crippen LogP contribution is 2.61. The minimum Gasteiger partial charge on any atom is -0.347 e. The molecule has 0 radical (unpaired) electrons. The average molecular weight is 333 g/mol. The van der Waals surface area contributed by atoms with Crippen molar-refractivity contribution >= 4 is 11.8 Å². The summed E-state index contributed by atoms with van der Waals surface area (Å²) in [5, 5.41) is 6.21. The summed E-state index contributed by atoms with van der Waals surface area (Å²) in [6.45, 7) is 4.64. The number of piperazine rings is 1. The van der Waals surface area contributed by atoms with E-state index in [1.165, 1.54) is 38.5 Å². The van der Waals surface area contributed by atoms with Crippen molar-refractivity contribution in [1.29, 1.82) is 0 Å². The van der Waals surface area contributed by atoms with Gasteiger partial charge in [-0.25, -0.2) is 0 Å². The Bertz CT molecular complexity index is 483. The van der Waals surface area contributed by atoms with E-state index in [4.69, 9.17) is 0 Å². The second-order valence-corrected chi connectivity index (χ2v) is 9.01. The number of hydrogen-bond acceptors (Lipinski definition) is 3. The molecule has 0 spiro atoms. The van der Waals surface area contributed by atoms with Gasteiger partial charge in [-0.1, -0.05) is 0 Å². The van der Waals surface area contributed by atoms with E-state index in [1.807, 2.05) is 4.90 Å². The summed E-state index contributed by atoms with van der Waals surface area (Å²) in [6, 6.07) is 0.214. The minimum absolute atomic E-state index is 0.0582. The Hall–Kier alpha value is -1.10. The molecule has 5 rings (SSSR count). The lowest BCUT2D eigenvalue weighted by atomic mass is 9.49. The Morgan fingerprint density at radius 3 is 2.33 bits per heavy atom. The van der Waals surface area contributed by atoms with Crippen molar-refractivity contribution in [1.82, 2.24) is 15.5 Å². The summed E-state index contributed by atoms with van der Waals surface area (Å²) in [7, 11) is 0. The van der Waals surface area contributed by atoms with Gasteiger partial charge in [0.1, 0.15) is 0 Å². The molecule has 5 nitrogen and oxygen atoms in total. The lowest BCUT2D eigenvalue weighted by Gasteiger charge is -2.56. The van der Waals surface area contributed by atoms with Crippen LogP contribution in [-0.4, -0.2) is 48.9 Å². The molecule has 0 aromatic carbocycles. The smallest absolute Gasteiger partial charge is 0.242 e. The zero-order chi connectivity index (χ0) is 16.7. The number of amides is 2. The molecule has 4 aliphatic carbocycles. The molecule has 1 heterocycles. The summed E-state index contributed by atoms with van der Waals surface area (Å²) in [5.41, 5.74) is 0.254. The second kappa shape index (κ2) is 6.32. The van der Waals surface area contributed by atoms with Crippen LogP contribution in [0.4, 0.5) is 0 Å². The van der Waals surface area contributed by atoms with Gasteiger partial charge in [-0.3, -0.25) is 9.59 Å². The molecular weight excluding hydrogens is 302 g/mol. The van der Waals surface area contributed by atoms with Crippen molar-refractivity contribution in [3.8, 4) is 0 Å². The maximum absolute atomic E-state index is 12.5. The van der Waals surface area contributed by atoms with Gasteiger partial charge in [0.25, 0.3) is 0 Å². The molecule has 134 valence electrons. The molecule has 0 aromatic heterocycles. The van der Waals surface area contributed by atoms with Crippen LogP contribution in [0.15, 0.2) is 0 Å². The van der Waals surface area contributed by atoms with E-state index in [1.54, 1.807) is 0 Å². The molecule has 0 unspecified atom stereocenters. The fraction of sp³-hybridized carbons (Fsp3) is 0.895. The number of nitrogens with zero attached hydrogens (tertiary/aromatic N) is 1. The van der Waals surface area contributed by atoms with Gasteiger partial charge in [0.15, 0.2) is 0 Å². The number of hydrogen-bond donors (Lipinski definition) is 2. The first-order valence-corrected chi connectivity index (χ1v) is 9.80. The molecule has 0 aromatic rings. The lowest BCUT2D eigenvalue weighted by molar-refractivity contribution is -0.137. The van der Waals surface area contributed by atoms with Crippen LogP contribution in [0.2, 0.25) is 0 Å².